The average molecular weight is 543 g/mol. The lowest BCUT2D eigenvalue weighted by Crippen LogP contribution is -2.57. The summed E-state index contributed by atoms with van der Waals surface area (Å²) in [5, 5.41) is 9.53. The minimum atomic E-state index is -0.931. The number of hydrogen-bond acceptors (Lipinski definition) is 4. The SMILES string of the molecule is COC(=O)c1ccc(C2=CC[C@]3(C)CN(C(=O)C4(c5ccccc5)CCN(C(=O)O)CC4)CC=C3C2(C)C)cc1. The van der Waals surface area contributed by atoms with E-state index in [-0.39, 0.29) is 22.7 Å². The molecule has 1 N–H and O–H groups in total. The van der Waals surface area contributed by atoms with Crippen LogP contribution in [0.1, 0.15) is 61.5 Å². The van der Waals surface area contributed by atoms with E-state index in [9.17, 15) is 19.5 Å². The molecule has 1 aliphatic carbocycles. The number of piperidine rings is 1. The lowest BCUT2D eigenvalue weighted by Gasteiger charge is -2.52. The maximum Gasteiger partial charge on any atom is 0.407 e. The lowest BCUT2D eigenvalue weighted by molar-refractivity contribution is -0.140. The monoisotopic (exact) mass is 542 g/mol. The standard InChI is InChI=1S/C33H38N2O5/c1-31(2)26(23-10-12-24(13-11-23)28(36)40-4)14-16-32(3)22-35(19-15-27(31)32)29(37)33(25-8-6-5-7-9-25)17-20-34(21-18-33)30(38)39/h5-15H,16-22H2,1-4H3,(H,38,39)/t32-/m1/s1. The van der Waals surface area contributed by atoms with E-state index in [0.29, 0.717) is 44.6 Å². The highest BCUT2D eigenvalue weighted by atomic mass is 16.5. The highest BCUT2D eigenvalue weighted by Gasteiger charge is 2.50. The van der Waals surface area contributed by atoms with Crippen molar-refractivity contribution in [1.82, 2.24) is 9.80 Å². The summed E-state index contributed by atoms with van der Waals surface area (Å²) in [4.78, 5) is 41.3. The van der Waals surface area contributed by atoms with Crippen LogP contribution in [0, 0.1) is 10.8 Å². The van der Waals surface area contributed by atoms with Crippen molar-refractivity contribution in [3.8, 4) is 0 Å². The van der Waals surface area contributed by atoms with Gasteiger partial charge in [-0.15, -0.1) is 0 Å². The van der Waals surface area contributed by atoms with Crippen LogP contribution in [0.2, 0.25) is 0 Å². The van der Waals surface area contributed by atoms with Crippen LogP contribution in [-0.4, -0.2) is 66.2 Å². The van der Waals surface area contributed by atoms with Crippen LogP contribution < -0.4 is 0 Å². The van der Waals surface area contributed by atoms with E-state index in [1.807, 2.05) is 47.4 Å². The number of carbonyl (C=O) groups excluding carboxylic acids is 2. The van der Waals surface area contributed by atoms with Gasteiger partial charge in [-0.1, -0.05) is 81.0 Å². The molecule has 2 heterocycles. The van der Waals surface area contributed by atoms with Gasteiger partial charge in [0.2, 0.25) is 5.91 Å². The van der Waals surface area contributed by atoms with Crippen LogP contribution >= 0.6 is 0 Å². The zero-order valence-corrected chi connectivity index (χ0v) is 23.8. The number of amides is 2. The molecular weight excluding hydrogens is 504 g/mol. The zero-order chi connectivity index (χ0) is 28.7. The maximum absolute atomic E-state index is 14.4. The van der Waals surface area contributed by atoms with Crippen molar-refractivity contribution in [2.24, 2.45) is 10.8 Å². The zero-order valence-electron chi connectivity index (χ0n) is 23.8. The van der Waals surface area contributed by atoms with E-state index in [1.54, 1.807) is 12.1 Å². The van der Waals surface area contributed by atoms with Gasteiger partial charge in [-0.25, -0.2) is 9.59 Å². The number of allylic oxidation sites excluding steroid dienone is 2. The Morgan fingerprint density at radius 1 is 0.875 bits per heavy atom. The molecule has 2 aliphatic heterocycles. The Bertz CT molecular complexity index is 1370. The molecule has 2 aromatic rings. The summed E-state index contributed by atoms with van der Waals surface area (Å²) < 4.78 is 4.85. The molecule has 1 fully saturated rings. The summed E-state index contributed by atoms with van der Waals surface area (Å²) >= 11 is 0. The van der Waals surface area contributed by atoms with E-state index in [1.165, 1.54) is 23.2 Å². The molecule has 0 spiro atoms. The molecule has 210 valence electrons. The number of benzene rings is 2. The third-order valence-electron chi connectivity index (χ3n) is 9.34. The highest BCUT2D eigenvalue weighted by Crippen LogP contribution is 2.55. The molecule has 2 amide bonds. The molecule has 40 heavy (non-hydrogen) atoms. The van der Waals surface area contributed by atoms with Gasteiger partial charge in [0, 0.05) is 37.0 Å². The van der Waals surface area contributed by atoms with Gasteiger partial charge in [-0.05, 0) is 48.1 Å². The number of rotatable bonds is 4. The van der Waals surface area contributed by atoms with Crippen molar-refractivity contribution < 1.29 is 24.2 Å². The maximum atomic E-state index is 14.4. The molecule has 0 bridgehead atoms. The number of ether oxygens (including phenoxy) is 1. The van der Waals surface area contributed by atoms with Crippen LogP contribution in [0.4, 0.5) is 4.79 Å². The van der Waals surface area contributed by atoms with Gasteiger partial charge in [0.1, 0.15) is 0 Å². The van der Waals surface area contributed by atoms with Gasteiger partial charge >= 0.3 is 12.1 Å². The largest absolute Gasteiger partial charge is 0.465 e. The first-order chi connectivity index (χ1) is 19.0. The summed E-state index contributed by atoms with van der Waals surface area (Å²) in [5.41, 5.74) is 3.91. The number of likely N-dealkylation sites (tertiary alicyclic amines) is 1. The predicted molar refractivity (Wildman–Crippen MR) is 154 cm³/mol. The average Bonchev–Trinajstić information content (AvgIpc) is 2.96. The fourth-order valence-electron chi connectivity index (χ4n) is 7.23. The summed E-state index contributed by atoms with van der Waals surface area (Å²) in [7, 11) is 1.38. The van der Waals surface area contributed by atoms with Gasteiger partial charge in [0.15, 0.2) is 0 Å². The van der Waals surface area contributed by atoms with E-state index in [0.717, 1.165) is 17.5 Å². The number of esters is 1. The van der Waals surface area contributed by atoms with E-state index >= 15 is 0 Å². The van der Waals surface area contributed by atoms with E-state index in [2.05, 4.69) is 32.9 Å². The first-order valence-corrected chi connectivity index (χ1v) is 14.0. The number of fused-ring (bicyclic) bond motifs is 1. The van der Waals surface area contributed by atoms with Crippen LogP contribution in [0.25, 0.3) is 5.57 Å². The number of carboxylic acid groups (broad SMARTS) is 1. The number of hydrogen-bond donors (Lipinski definition) is 1. The van der Waals surface area contributed by atoms with Crippen molar-refractivity contribution in [1.29, 1.82) is 0 Å². The van der Waals surface area contributed by atoms with Crippen LogP contribution in [0.3, 0.4) is 0 Å². The second-order valence-corrected chi connectivity index (χ2v) is 12.1. The molecule has 0 radical (unpaired) electrons. The smallest absolute Gasteiger partial charge is 0.407 e. The fraction of sp³-hybridized carbons (Fsp3) is 0.424. The number of nitrogens with zero attached hydrogens (tertiary/aromatic N) is 2. The Hall–Kier alpha value is -3.87. The van der Waals surface area contributed by atoms with Crippen molar-refractivity contribution >= 4 is 23.5 Å². The Labute approximate surface area is 236 Å². The molecule has 1 saturated heterocycles. The van der Waals surface area contributed by atoms with Crippen LogP contribution in [0.5, 0.6) is 0 Å². The second kappa shape index (κ2) is 10.3. The second-order valence-electron chi connectivity index (χ2n) is 12.1. The van der Waals surface area contributed by atoms with Crippen LogP contribution in [-0.2, 0) is 14.9 Å². The summed E-state index contributed by atoms with van der Waals surface area (Å²) in [6.07, 6.45) is 5.34. The number of carbonyl (C=O) groups is 3. The van der Waals surface area contributed by atoms with Gasteiger partial charge in [0.25, 0.3) is 0 Å². The Morgan fingerprint density at radius 2 is 1.52 bits per heavy atom. The third-order valence-corrected chi connectivity index (χ3v) is 9.34. The van der Waals surface area contributed by atoms with Crippen molar-refractivity contribution in [3.63, 3.8) is 0 Å². The van der Waals surface area contributed by atoms with E-state index in [4.69, 9.17) is 4.74 Å². The van der Waals surface area contributed by atoms with Gasteiger partial charge in [-0.2, -0.15) is 0 Å². The summed E-state index contributed by atoms with van der Waals surface area (Å²) in [5.74, 6) is -0.260. The molecular formula is C33H38N2O5. The quantitative estimate of drug-likeness (QED) is 0.391. The van der Waals surface area contributed by atoms with Crippen molar-refractivity contribution in [3.05, 3.63) is 89.0 Å². The molecule has 5 rings (SSSR count). The van der Waals surface area contributed by atoms with Crippen molar-refractivity contribution in [2.75, 3.05) is 33.3 Å². The first-order valence-electron chi connectivity index (χ1n) is 14.0. The molecule has 0 saturated carbocycles. The topological polar surface area (TPSA) is 87.2 Å². The molecule has 7 heteroatoms. The molecule has 3 aliphatic rings. The highest BCUT2D eigenvalue weighted by molar-refractivity contribution is 5.91. The van der Waals surface area contributed by atoms with Gasteiger partial charge in [-0.3, -0.25) is 4.79 Å². The van der Waals surface area contributed by atoms with Crippen LogP contribution in [0.15, 0.2) is 72.3 Å². The predicted octanol–water partition coefficient (Wildman–Crippen LogP) is 5.77. The van der Waals surface area contributed by atoms with Crippen molar-refractivity contribution in [2.45, 2.75) is 45.4 Å². The Kier molecular flexibility index (Phi) is 7.11. The molecule has 1 atom stereocenters. The van der Waals surface area contributed by atoms with Gasteiger partial charge < -0.3 is 19.6 Å². The minimum absolute atomic E-state index is 0.0891. The summed E-state index contributed by atoms with van der Waals surface area (Å²) in [6.45, 7) is 8.55. The Morgan fingerprint density at radius 3 is 2.12 bits per heavy atom. The summed E-state index contributed by atoms with van der Waals surface area (Å²) in [6, 6.07) is 17.4. The van der Waals surface area contributed by atoms with E-state index < -0.39 is 11.5 Å². The third kappa shape index (κ3) is 4.61. The Balaban J connectivity index is 1.42. The molecule has 0 aromatic heterocycles. The first kappa shape index (κ1) is 27.7. The molecule has 0 unspecified atom stereocenters. The normalized spacial score (nSPS) is 23.4. The minimum Gasteiger partial charge on any atom is -0.465 e. The lowest BCUT2D eigenvalue weighted by atomic mass is 9.58. The fourth-order valence-corrected chi connectivity index (χ4v) is 7.23. The molecule has 7 nitrogen and oxygen atoms in total. The molecule has 2 aromatic carbocycles. The number of methoxy groups -OCH3 is 1. The van der Waals surface area contributed by atoms with Gasteiger partial charge in [0.05, 0.1) is 18.1 Å².